The van der Waals surface area contributed by atoms with Crippen molar-refractivity contribution in [1.82, 2.24) is 9.97 Å². The van der Waals surface area contributed by atoms with Crippen molar-refractivity contribution in [2.24, 2.45) is 5.84 Å². The molecule has 8 heteroatoms. The summed E-state index contributed by atoms with van der Waals surface area (Å²) in [7, 11) is 0. The molecule has 0 saturated heterocycles. The number of anilines is 1. The van der Waals surface area contributed by atoms with Crippen molar-refractivity contribution in [3.8, 4) is 11.6 Å². The Morgan fingerprint density at radius 2 is 2.11 bits per heavy atom. The minimum atomic E-state index is -0.402. The van der Waals surface area contributed by atoms with Crippen molar-refractivity contribution in [3.05, 3.63) is 34.6 Å². The van der Waals surface area contributed by atoms with Crippen molar-refractivity contribution in [1.29, 1.82) is 0 Å². The highest BCUT2D eigenvalue weighted by Crippen LogP contribution is 2.27. The van der Waals surface area contributed by atoms with Gasteiger partial charge < -0.3 is 10.2 Å². The minimum Gasteiger partial charge on any atom is -0.439 e. The highest BCUT2D eigenvalue weighted by atomic mass is 79.9. The summed E-state index contributed by atoms with van der Waals surface area (Å²) in [5.74, 6) is 5.95. The van der Waals surface area contributed by atoms with Crippen LogP contribution in [0.3, 0.4) is 0 Å². The van der Waals surface area contributed by atoms with Gasteiger partial charge in [0.25, 0.3) is 0 Å². The Balaban J connectivity index is 2.31. The van der Waals surface area contributed by atoms with Crippen LogP contribution in [-0.2, 0) is 0 Å². The lowest BCUT2D eigenvalue weighted by Gasteiger charge is -2.08. The van der Waals surface area contributed by atoms with Gasteiger partial charge in [-0.05, 0) is 18.4 Å². The third-order valence-electron chi connectivity index (χ3n) is 2.07. The summed E-state index contributed by atoms with van der Waals surface area (Å²) in [5, 5.41) is 0.501. The van der Waals surface area contributed by atoms with Gasteiger partial charge in [-0.2, -0.15) is 4.98 Å². The molecule has 2 rings (SSSR count). The normalized spacial score (nSPS) is 10.3. The molecule has 3 N–H and O–H groups in total. The van der Waals surface area contributed by atoms with Crippen molar-refractivity contribution in [2.75, 3.05) is 11.7 Å². The molecule has 0 fully saturated rings. The molecule has 0 aliphatic heterocycles. The molecule has 2 aromatic rings. The average molecular weight is 345 g/mol. The Kier molecular flexibility index (Phi) is 4.56. The fraction of sp³-hybridized carbons (Fsp3) is 0.0909. The van der Waals surface area contributed by atoms with Crippen LogP contribution < -0.4 is 16.0 Å². The Labute approximate surface area is 121 Å². The lowest BCUT2D eigenvalue weighted by atomic mass is 10.3. The Morgan fingerprint density at radius 3 is 2.74 bits per heavy atom. The number of benzene rings is 1. The number of nitrogen functional groups attached to an aromatic ring is 1. The first-order valence-corrected chi connectivity index (χ1v) is 7.16. The maximum atomic E-state index is 13.2. The fourth-order valence-corrected chi connectivity index (χ4v) is 2.14. The predicted octanol–water partition coefficient (Wildman–Crippen LogP) is 3.18. The smallest absolute Gasteiger partial charge is 0.225 e. The Bertz CT molecular complexity index is 556. The van der Waals surface area contributed by atoms with Gasteiger partial charge in [-0.1, -0.05) is 27.7 Å². The van der Waals surface area contributed by atoms with Gasteiger partial charge in [-0.25, -0.2) is 15.2 Å². The van der Waals surface area contributed by atoms with Gasteiger partial charge in [0.1, 0.15) is 17.4 Å². The van der Waals surface area contributed by atoms with Crippen LogP contribution in [0.1, 0.15) is 0 Å². The molecule has 19 heavy (non-hydrogen) atoms. The van der Waals surface area contributed by atoms with E-state index in [2.05, 4.69) is 31.3 Å². The molecule has 0 saturated carbocycles. The minimum absolute atomic E-state index is 0.282. The van der Waals surface area contributed by atoms with E-state index in [9.17, 15) is 4.39 Å². The van der Waals surface area contributed by atoms with E-state index >= 15 is 0 Å². The summed E-state index contributed by atoms with van der Waals surface area (Å²) in [6, 6.07) is 5.77. The summed E-state index contributed by atoms with van der Waals surface area (Å²) in [6.07, 6.45) is 1.83. The molecule has 1 aromatic heterocycles. The monoisotopic (exact) mass is 344 g/mol. The van der Waals surface area contributed by atoms with E-state index in [1.54, 1.807) is 6.07 Å². The third-order valence-corrected chi connectivity index (χ3v) is 3.08. The van der Waals surface area contributed by atoms with Crippen LogP contribution in [0, 0.1) is 5.82 Å². The number of hydrogen-bond acceptors (Lipinski definition) is 6. The highest BCUT2D eigenvalue weighted by Gasteiger charge is 2.07. The Hall–Kier alpha value is -1.38. The van der Waals surface area contributed by atoms with Crippen molar-refractivity contribution < 1.29 is 9.13 Å². The molecule has 0 radical (unpaired) electrons. The van der Waals surface area contributed by atoms with Crippen LogP contribution in [-0.4, -0.2) is 16.2 Å². The van der Waals surface area contributed by atoms with E-state index in [0.717, 1.165) is 0 Å². The second-order valence-corrected chi connectivity index (χ2v) is 5.12. The molecule has 5 nitrogen and oxygen atoms in total. The molecule has 0 atom stereocenters. The summed E-state index contributed by atoms with van der Waals surface area (Å²) < 4.78 is 19.3. The fourth-order valence-electron chi connectivity index (χ4n) is 1.33. The molecule has 0 aliphatic carbocycles. The molecule has 0 amide bonds. The van der Waals surface area contributed by atoms with E-state index in [4.69, 9.17) is 10.6 Å². The zero-order valence-corrected chi connectivity index (χ0v) is 12.3. The molecule has 1 heterocycles. The number of hydrogen-bond donors (Lipinski definition) is 2. The maximum Gasteiger partial charge on any atom is 0.225 e. The van der Waals surface area contributed by atoms with E-state index in [-0.39, 0.29) is 5.88 Å². The zero-order valence-electron chi connectivity index (χ0n) is 9.85. The molecule has 0 spiro atoms. The van der Waals surface area contributed by atoms with Crippen molar-refractivity contribution >= 4 is 33.5 Å². The first-order chi connectivity index (χ1) is 9.10. The van der Waals surface area contributed by atoms with E-state index < -0.39 is 5.82 Å². The molecule has 0 bridgehead atoms. The van der Waals surface area contributed by atoms with Gasteiger partial charge in [0.2, 0.25) is 5.88 Å². The number of aromatic nitrogens is 2. The average Bonchev–Trinajstić information content (AvgIpc) is 2.37. The number of thioether (sulfide) groups is 1. The summed E-state index contributed by atoms with van der Waals surface area (Å²) in [4.78, 5) is 8.25. The number of rotatable bonds is 4. The topological polar surface area (TPSA) is 73.1 Å². The van der Waals surface area contributed by atoms with Crippen LogP contribution in [0.5, 0.6) is 11.6 Å². The first-order valence-electron chi connectivity index (χ1n) is 5.14. The first kappa shape index (κ1) is 14.0. The third kappa shape index (κ3) is 3.79. The zero-order chi connectivity index (χ0) is 13.8. The Morgan fingerprint density at radius 1 is 1.32 bits per heavy atom. The lowest BCUT2D eigenvalue weighted by molar-refractivity contribution is 0.451. The van der Waals surface area contributed by atoms with Gasteiger partial charge in [0.05, 0.1) is 0 Å². The van der Waals surface area contributed by atoms with E-state index in [0.29, 0.717) is 21.2 Å². The van der Waals surface area contributed by atoms with Crippen LogP contribution in [0.4, 0.5) is 10.2 Å². The molecular weight excluding hydrogens is 335 g/mol. The second kappa shape index (κ2) is 6.18. The van der Waals surface area contributed by atoms with Crippen LogP contribution in [0.25, 0.3) is 0 Å². The number of nitrogens with zero attached hydrogens (tertiary/aromatic N) is 2. The molecular formula is C11H10BrFN4OS. The lowest BCUT2D eigenvalue weighted by Crippen LogP contribution is -2.09. The van der Waals surface area contributed by atoms with Gasteiger partial charge in [-0.3, -0.25) is 0 Å². The molecule has 0 aliphatic rings. The SMILES string of the molecule is CSc1nc(NN)cc(Oc2cc(F)cc(Br)c2)n1. The number of halogens is 2. The van der Waals surface area contributed by atoms with Gasteiger partial charge >= 0.3 is 0 Å². The largest absolute Gasteiger partial charge is 0.439 e. The summed E-state index contributed by atoms with van der Waals surface area (Å²) in [5.41, 5.74) is 2.42. The quantitative estimate of drug-likeness (QED) is 0.384. The predicted molar refractivity (Wildman–Crippen MR) is 75.8 cm³/mol. The number of nitrogens with one attached hydrogen (secondary N) is 1. The van der Waals surface area contributed by atoms with Gasteiger partial charge in [0, 0.05) is 16.6 Å². The number of hydrazine groups is 1. The molecule has 1 aromatic carbocycles. The van der Waals surface area contributed by atoms with Crippen LogP contribution >= 0.6 is 27.7 Å². The maximum absolute atomic E-state index is 13.2. The van der Waals surface area contributed by atoms with Crippen LogP contribution in [0.2, 0.25) is 0 Å². The van der Waals surface area contributed by atoms with Gasteiger partial charge in [0.15, 0.2) is 5.16 Å². The van der Waals surface area contributed by atoms with E-state index in [1.807, 2.05) is 6.26 Å². The molecule has 100 valence electrons. The number of nitrogens with two attached hydrogens (primary N) is 1. The highest BCUT2D eigenvalue weighted by molar-refractivity contribution is 9.10. The number of ether oxygens (including phenoxy) is 1. The van der Waals surface area contributed by atoms with Crippen LogP contribution in [0.15, 0.2) is 33.9 Å². The molecule has 0 unspecified atom stereocenters. The summed E-state index contributed by atoms with van der Waals surface area (Å²) in [6.45, 7) is 0. The second-order valence-electron chi connectivity index (χ2n) is 3.43. The van der Waals surface area contributed by atoms with Gasteiger partial charge in [-0.15, -0.1) is 0 Å². The standard InChI is InChI=1S/C11H10BrFN4OS/c1-19-11-15-9(17-14)5-10(16-11)18-8-3-6(12)2-7(13)4-8/h2-5H,14H2,1H3,(H,15,16,17). The van der Waals surface area contributed by atoms with Crippen molar-refractivity contribution in [3.63, 3.8) is 0 Å². The van der Waals surface area contributed by atoms with E-state index in [1.165, 1.54) is 30.0 Å². The van der Waals surface area contributed by atoms with Crippen molar-refractivity contribution in [2.45, 2.75) is 5.16 Å². The summed E-state index contributed by atoms with van der Waals surface area (Å²) >= 11 is 4.54.